The van der Waals surface area contributed by atoms with Crippen LogP contribution in [-0.2, 0) is 19.4 Å². The fourth-order valence-corrected chi connectivity index (χ4v) is 1.87. The summed E-state index contributed by atoms with van der Waals surface area (Å²) in [5.41, 5.74) is 0. The van der Waals surface area contributed by atoms with Crippen LogP contribution in [-0.4, -0.2) is 27.9 Å². The summed E-state index contributed by atoms with van der Waals surface area (Å²) in [6.07, 6.45) is 3.15. The molecule has 2 rings (SSSR count). The molecule has 0 saturated carbocycles. The van der Waals surface area contributed by atoms with Crippen LogP contribution in [0.3, 0.4) is 0 Å². The van der Waals surface area contributed by atoms with Crippen molar-refractivity contribution in [3.05, 3.63) is 11.6 Å². The van der Waals surface area contributed by atoms with E-state index in [0.717, 1.165) is 37.0 Å². The average Bonchev–Trinajstić information content (AvgIpc) is 2.58. The molecule has 2 heterocycles. The summed E-state index contributed by atoms with van der Waals surface area (Å²) in [7, 11) is 0. The van der Waals surface area contributed by atoms with Crippen molar-refractivity contribution < 1.29 is 0 Å². The Balaban J connectivity index is 1.95. The van der Waals surface area contributed by atoms with Gasteiger partial charge in [0.2, 0.25) is 0 Å². The highest BCUT2D eigenvalue weighted by Crippen LogP contribution is 2.11. The minimum absolute atomic E-state index is 0.851. The molecule has 0 spiro atoms. The second kappa shape index (κ2) is 4.75. The van der Waals surface area contributed by atoms with Gasteiger partial charge in [-0.3, -0.25) is 0 Å². The quantitative estimate of drug-likeness (QED) is 0.785. The summed E-state index contributed by atoms with van der Waals surface area (Å²) in [4.78, 5) is 4.51. The number of hydrogen-bond donors (Lipinski definition) is 1. The fraction of sp³-hybridized carbons (Fsp3) is 0.818. The first-order chi connectivity index (χ1) is 7.33. The zero-order valence-corrected chi connectivity index (χ0v) is 9.66. The summed E-state index contributed by atoms with van der Waals surface area (Å²) in [5, 5.41) is 7.81. The van der Waals surface area contributed by atoms with Crippen LogP contribution in [0.4, 0.5) is 0 Å². The van der Waals surface area contributed by atoms with Crippen molar-refractivity contribution in [2.75, 3.05) is 13.1 Å². The molecule has 1 aliphatic heterocycles. The fourth-order valence-electron chi connectivity index (χ4n) is 1.87. The molecular weight excluding hydrogens is 188 g/mol. The molecular formula is C11H20N4. The van der Waals surface area contributed by atoms with Crippen LogP contribution in [0.25, 0.3) is 0 Å². The summed E-state index contributed by atoms with van der Waals surface area (Å²) >= 11 is 0. The van der Waals surface area contributed by atoms with Crippen molar-refractivity contribution in [1.29, 1.82) is 0 Å². The first-order valence-corrected chi connectivity index (χ1v) is 5.96. The van der Waals surface area contributed by atoms with E-state index in [-0.39, 0.29) is 0 Å². The van der Waals surface area contributed by atoms with Gasteiger partial charge in [-0.15, -0.1) is 0 Å². The maximum absolute atomic E-state index is 4.52. The molecule has 0 amide bonds. The lowest BCUT2D eigenvalue weighted by Gasteiger charge is -2.26. The Morgan fingerprint density at radius 2 is 2.13 bits per heavy atom. The van der Waals surface area contributed by atoms with Crippen LogP contribution >= 0.6 is 0 Å². The molecule has 4 nitrogen and oxygen atoms in total. The van der Waals surface area contributed by atoms with Crippen molar-refractivity contribution >= 4 is 0 Å². The molecule has 0 atom stereocenters. The van der Waals surface area contributed by atoms with Gasteiger partial charge >= 0.3 is 0 Å². The average molecular weight is 208 g/mol. The zero-order chi connectivity index (χ0) is 10.7. The van der Waals surface area contributed by atoms with Crippen molar-refractivity contribution in [2.45, 2.75) is 39.7 Å². The Morgan fingerprint density at radius 1 is 1.33 bits per heavy atom. The minimum atomic E-state index is 0.851. The molecule has 1 aromatic heterocycles. The maximum Gasteiger partial charge on any atom is 0.150 e. The Hall–Kier alpha value is -0.900. The highest BCUT2D eigenvalue weighted by Gasteiger charge is 2.17. The standard InChI is InChI=1S/C11H20N4/c1-3-10-13-11(4-2)15(14-10)6-5-9-7-12-8-9/h9,12H,3-8H2,1-2H3. The number of aromatic nitrogens is 3. The first kappa shape index (κ1) is 10.6. The van der Waals surface area contributed by atoms with Gasteiger partial charge in [0.25, 0.3) is 0 Å². The van der Waals surface area contributed by atoms with Gasteiger partial charge in [0.05, 0.1) is 0 Å². The molecule has 1 aliphatic rings. The number of hydrogen-bond acceptors (Lipinski definition) is 3. The highest BCUT2D eigenvalue weighted by molar-refractivity contribution is 4.92. The van der Waals surface area contributed by atoms with E-state index in [4.69, 9.17) is 0 Å². The number of nitrogens with zero attached hydrogens (tertiary/aromatic N) is 3. The lowest BCUT2D eigenvalue weighted by molar-refractivity contribution is 0.305. The molecule has 15 heavy (non-hydrogen) atoms. The Labute approximate surface area is 91.1 Å². The third-order valence-electron chi connectivity index (χ3n) is 3.04. The van der Waals surface area contributed by atoms with Crippen molar-refractivity contribution in [3.8, 4) is 0 Å². The minimum Gasteiger partial charge on any atom is -0.316 e. The summed E-state index contributed by atoms with van der Waals surface area (Å²) in [6.45, 7) is 7.63. The number of nitrogens with one attached hydrogen (secondary N) is 1. The molecule has 0 aliphatic carbocycles. The monoisotopic (exact) mass is 208 g/mol. The lowest BCUT2D eigenvalue weighted by atomic mass is 10.00. The van der Waals surface area contributed by atoms with Crippen LogP contribution < -0.4 is 5.32 Å². The van der Waals surface area contributed by atoms with Gasteiger partial charge < -0.3 is 5.32 Å². The van der Waals surface area contributed by atoms with E-state index < -0.39 is 0 Å². The molecule has 0 aromatic carbocycles. The maximum atomic E-state index is 4.52. The zero-order valence-electron chi connectivity index (χ0n) is 9.66. The lowest BCUT2D eigenvalue weighted by Crippen LogP contribution is -2.42. The Morgan fingerprint density at radius 3 is 2.67 bits per heavy atom. The van der Waals surface area contributed by atoms with Crippen molar-refractivity contribution in [3.63, 3.8) is 0 Å². The van der Waals surface area contributed by atoms with E-state index >= 15 is 0 Å². The molecule has 1 N–H and O–H groups in total. The molecule has 0 unspecified atom stereocenters. The third kappa shape index (κ3) is 2.37. The second-order valence-corrected chi connectivity index (χ2v) is 4.19. The second-order valence-electron chi connectivity index (χ2n) is 4.19. The van der Waals surface area contributed by atoms with Crippen LogP contribution in [0.1, 0.15) is 31.9 Å². The normalized spacial score (nSPS) is 16.7. The van der Waals surface area contributed by atoms with Crippen LogP contribution in [0.5, 0.6) is 0 Å². The van der Waals surface area contributed by atoms with E-state index in [1.165, 1.54) is 19.5 Å². The van der Waals surface area contributed by atoms with Crippen LogP contribution in [0.2, 0.25) is 0 Å². The van der Waals surface area contributed by atoms with Gasteiger partial charge in [-0.05, 0) is 25.4 Å². The van der Waals surface area contributed by atoms with E-state index in [9.17, 15) is 0 Å². The topological polar surface area (TPSA) is 42.7 Å². The molecule has 0 bridgehead atoms. The van der Waals surface area contributed by atoms with Crippen molar-refractivity contribution in [2.24, 2.45) is 5.92 Å². The predicted molar refractivity (Wildman–Crippen MR) is 59.8 cm³/mol. The van der Waals surface area contributed by atoms with E-state index in [2.05, 4.69) is 33.9 Å². The molecule has 1 fully saturated rings. The SMILES string of the molecule is CCc1nc(CC)n(CCC2CNC2)n1. The Bertz CT molecular complexity index is 314. The van der Waals surface area contributed by atoms with Crippen LogP contribution in [0.15, 0.2) is 0 Å². The van der Waals surface area contributed by atoms with E-state index in [0.29, 0.717) is 0 Å². The van der Waals surface area contributed by atoms with Gasteiger partial charge in [0.15, 0.2) is 5.82 Å². The van der Waals surface area contributed by atoms with E-state index in [1.54, 1.807) is 0 Å². The predicted octanol–water partition coefficient (Wildman–Crippen LogP) is 1.01. The molecule has 84 valence electrons. The number of aryl methyl sites for hydroxylation is 3. The van der Waals surface area contributed by atoms with Gasteiger partial charge in [0.1, 0.15) is 5.82 Å². The summed E-state index contributed by atoms with van der Waals surface area (Å²) in [5.74, 6) is 2.97. The Kier molecular flexibility index (Phi) is 3.36. The molecule has 1 saturated heterocycles. The smallest absolute Gasteiger partial charge is 0.150 e. The summed E-state index contributed by atoms with van der Waals surface area (Å²) < 4.78 is 2.09. The van der Waals surface area contributed by atoms with Gasteiger partial charge in [-0.2, -0.15) is 5.10 Å². The van der Waals surface area contributed by atoms with Gasteiger partial charge in [-0.1, -0.05) is 13.8 Å². The molecule has 1 aromatic rings. The molecule has 4 heteroatoms. The highest BCUT2D eigenvalue weighted by atomic mass is 15.3. The van der Waals surface area contributed by atoms with Gasteiger partial charge in [0, 0.05) is 19.4 Å². The van der Waals surface area contributed by atoms with Crippen molar-refractivity contribution in [1.82, 2.24) is 20.1 Å². The van der Waals surface area contributed by atoms with Gasteiger partial charge in [-0.25, -0.2) is 9.67 Å². The van der Waals surface area contributed by atoms with Crippen LogP contribution in [0, 0.1) is 5.92 Å². The molecule has 0 radical (unpaired) electrons. The first-order valence-electron chi connectivity index (χ1n) is 5.96. The largest absolute Gasteiger partial charge is 0.316 e. The van der Waals surface area contributed by atoms with E-state index in [1.807, 2.05) is 0 Å². The summed E-state index contributed by atoms with van der Waals surface area (Å²) in [6, 6.07) is 0. The number of rotatable bonds is 5. The third-order valence-corrected chi connectivity index (χ3v) is 3.04.